The summed E-state index contributed by atoms with van der Waals surface area (Å²) in [5.41, 5.74) is 0.0635. The van der Waals surface area contributed by atoms with Gasteiger partial charge in [0.25, 0.3) is 5.69 Å². The zero-order valence-electron chi connectivity index (χ0n) is 9.82. The first-order valence-corrected chi connectivity index (χ1v) is 6.89. The monoisotopic (exact) mass is 354 g/mol. The maximum Gasteiger partial charge on any atom is 0.335 e. The van der Waals surface area contributed by atoms with Gasteiger partial charge < -0.3 is 5.11 Å². The Hall–Kier alpha value is -1.93. The summed E-state index contributed by atoms with van der Waals surface area (Å²) in [5.74, 6) is -1.01. The van der Waals surface area contributed by atoms with Crippen LogP contribution >= 0.6 is 27.7 Å². The third-order valence-corrected chi connectivity index (χ3v) is 4.17. The molecule has 0 unspecified atom stereocenters. The molecule has 0 fully saturated rings. The van der Waals surface area contributed by atoms with E-state index < -0.39 is 10.9 Å². The summed E-state index contributed by atoms with van der Waals surface area (Å²) in [7, 11) is 0. The lowest BCUT2D eigenvalue weighted by Crippen LogP contribution is -1.95. The summed E-state index contributed by atoms with van der Waals surface area (Å²) in [5, 5.41) is 20.1. The van der Waals surface area contributed by atoms with Crippen LogP contribution in [0.15, 0.2) is 50.9 Å². The maximum atomic E-state index is 10.9. The molecule has 102 valence electrons. The van der Waals surface area contributed by atoms with E-state index in [1.54, 1.807) is 12.1 Å². The van der Waals surface area contributed by atoms with Crippen LogP contribution in [0.2, 0.25) is 0 Å². The summed E-state index contributed by atoms with van der Waals surface area (Å²) in [6, 6.07) is 7.74. The van der Waals surface area contributed by atoms with Gasteiger partial charge in [0.1, 0.15) is 11.2 Å². The number of pyridine rings is 1. The van der Waals surface area contributed by atoms with Crippen LogP contribution < -0.4 is 0 Å². The van der Waals surface area contributed by atoms with Gasteiger partial charge in [-0.2, -0.15) is 0 Å². The lowest BCUT2D eigenvalue weighted by molar-refractivity contribution is -0.385. The molecule has 2 aromatic rings. The van der Waals surface area contributed by atoms with Gasteiger partial charge in [0.05, 0.1) is 15.0 Å². The average molecular weight is 355 g/mol. The second kappa shape index (κ2) is 6.02. The van der Waals surface area contributed by atoms with Gasteiger partial charge in [0.15, 0.2) is 0 Å². The zero-order chi connectivity index (χ0) is 14.7. The molecule has 0 bridgehead atoms. The molecule has 0 aliphatic rings. The number of benzene rings is 1. The van der Waals surface area contributed by atoms with Crippen molar-refractivity contribution in [1.29, 1.82) is 0 Å². The molecular formula is C12H7BrN2O4S. The van der Waals surface area contributed by atoms with Crippen LogP contribution in [0.4, 0.5) is 5.69 Å². The Bertz CT molecular complexity index is 693. The fourth-order valence-corrected chi connectivity index (χ4v) is 2.79. The fraction of sp³-hybridized carbons (Fsp3) is 0. The molecule has 1 N–H and O–H groups in total. The minimum absolute atomic E-state index is 0.111. The Balaban J connectivity index is 2.28. The summed E-state index contributed by atoms with van der Waals surface area (Å²) < 4.78 is 0.484. The highest BCUT2D eigenvalue weighted by atomic mass is 79.9. The molecule has 1 aromatic carbocycles. The number of nitro groups is 1. The molecule has 1 aromatic heterocycles. The van der Waals surface area contributed by atoms with Gasteiger partial charge in [-0.1, -0.05) is 17.8 Å². The van der Waals surface area contributed by atoms with Gasteiger partial charge in [-0.3, -0.25) is 10.1 Å². The highest BCUT2D eigenvalue weighted by Crippen LogP contribution is 2.33. The average Bonchev–Trinajstić information content (AvgIpc) is 2.41. The summed E-state index contributed by atoms with van der Waals surface area (Å²) in [6.07, 6.45) is 1.16. The predicted molar refractivity (Wildman–Crippen MR) is 76.1 cm³/mol. The Morgan fingerprint density at radius 2 is 2.15 bits per heavy atom. The minimum atomic E-state index is -1.01. The third kappa shape index (κ3) is 3.34. The van der Waals surface area contributed by atoms with Crippen LogP contribution in [0, 0.1) is 10.1 Å². The van der Waals surface area contributed by atoms with E-state index in [9.17, 15) is 14.9 Å². The van der Waals surface area contributed by atoms with Gasteiger partial charge in [-0.25, -0.2) is 9.78 Å². The molecule has 0 amide bonds. The highest BCUT2D eigenvalue weighted by molar-refractivity contribution is 9.10. The van der Waals surface area contributed by atoms with Crippen molar-refractivity contribution in [2.45, 2.75) is 9.92 Å². The molecule has 0 radical (unpaired) electrons. The Morgan fingerprint density at radius 3 is 2.75 bits per heavy atom. The van der Waals surface area contributed by atoms with Crippen molar-refractivity contribution in [3.05, 3.63) is 56.7 Å². The highest BCUT2D eigenvalue weighted by Gasteiger charge is 2.12. The largest absolute Gasteiger partial charge is 0.478 e. The predicted octanol–water partition coefficient (Wildman–Crippen LogP) is 3.60. The first-order valence-electron chi connectivity index (χ1n) is 5.28. The van der Waals surface area contributed by atoms with Crippen LogP contribution in [0.1, 0.15) is 10.4 Å². The van der Waals surface area contributed by atoms with E-state index in [0.29, 0.717) is 14.4 Å². The van der Waals surface area contributed by atoms with Gasteiger partial charge >= 0.3 is 5.97 Å². The van der Waals surface area contributed by atoms with Gasteiger partial charge in [0, 0.05) is 11.0 Å². The van der Waals surface area contributed by atoms with Crippen molar-refractivity contribution in [3.8, 4) is 0 Å². The van der Waals surface area contributed by atoms with E-state index in [0.717, 1.165) is 6.20 Å². The van der Waals surface area contributed by atoms with Gasteiger partial charge in [-0.05, 0) is 34.1 Å². The van der Waals surface area contributed by atoms with E-state index in [2.05, 4.69) is 20.9 Å². The molecule has 0 atom stereocenters. The normalized spacial score (nSPS) is 10.2. The van der Waals surface area contributed by atoms with Crippen molar-refractivity contribution in [3.63, 3.8) is 0 Å². The first kappa shape index (κ1) is 14.5. The number of carbonyl (C=O) groups is 1. The molecule has 6 nitrogen and oxygen atoms in total. The zero-order valence-corrected chi connectivity index (χ0v) is 12.2. The molecule has 0 saturated heterocycles. The number of carboxylic acids is 1. The van der Waals surface area contributed by atoms with E-state index >= 15 is 0 Å². The van der Waals surface area contributed by atoms with Crippen molar-refractivity contribution >= 4 is 39.3 Å². The number of aromatic carboxylic acids is 1. The van der Waals surface area contributed by atoms with Crippen LogP contribution in [0.5, 0.6) is 0 Å². The molecule has 0 aliphatic carbocycles. The van der Waals surface area contributed by atoms with E-state index in [1.165, 1.54) is 30.0 Å². The Labute approximate surface area is 126 Å². The number of halogens is 1. The molecule has 0 spiro atoms. The summed E-state index contributed by atoms with van der Waals surface area (Å²) >= 11 is 4.44. The number of hydrogen-bond donors (Lipinski definition) is 1. The van der Waals surface area contributed by atoms with Crippen molar-refractivity contribution in [2.75, 3.05) is 0 Å². The number of aromatic nitrogens is 1. The second-order valence-corrected chi connectivity index (χ2v) is 5.59. The topological polar surface area (TPSA) is 93.3 Å². The van der Waals surface area contributed by atoms with Gasteiger partial charge in [0.2, 0.25) is 0 Å². The minimum Gasteiger partial charge on any atom is -0.478 e. The third-order valence-electron chi connectivity index (χ3n) is 2.30. The Morgan fingerprint density at radius 1 is 1.40 bits per heavy atom. The van der Waals surface area contributed by atoms with Gasteiger partial charge in [-0.15, -0.1) is 0 Å². The maximum absolute atomic E-state index is 10.9. The van der Waals surface area contributed by atoms with Crippen LogP contribution in [0.3, 0.4) is 0 Å². The molecule has 0 aliphatic heterocycles. The first-order chi connectivity index (χ1) is 9.47. The Kier molecular flexibility index (Phi) is 4.35. The number of hydrogen-bond acceptors (Lipinski definition) is 5. The second-order valence-electron chi connectivity index (χ2n) is 3.67. The molecule has 20 heavy (non-hydrogen) atoms. The van der Waals surface area contributed by atoms with Crippen molar-refractivity contribution in [2.24, 2.45) is 0 Å². The van der Waals surface area contributed by atoms with Crippen LogP contribution in [0.25, 0.3) is 0 Å². The van der Waals surface area contributed by atoms with Crippen LogP contribution in [-0.4, -0.2) is 21.0 Å². The number of carboxylic acid groups (broad SMARTS) is 1. The molecule has 0 saturated carbocycles. The van der Waals surface area contributed by atoms with E-state index in [4.69, 9.17) is 5.11 Å². The summed E-state index contributed by atoms with van der Waals surface area (Å²) in [4.78, 5) is 25.7. The van der Waals surface area contributed by atoms with Crippen molar-refractivity contribution < 1.29 is 14.8 Å². The molecule has 8 heteroatoms. The fourth-order valence-electron chi connectivity index (χ4n) is 1.39. The smallest absolute Gasteiger partial charge is 0.335 e. The summed E-state index contributed by atoms with van der Waals surface area (Å²) in [6.45, 7) is 0. The number of rotatable bonds is 4. The number of nitrogens with zero attached hydrogens (tertiary/aromatic N) is 2. The van der Waals surface area contributed by atoms with Crippen molar-refractivity contribution in [1.82, 2.24) is 4.98 Å². The molecule has 1 heterocycles. The lowest BCUT2D eigenvalue weighted by Gasteiger charge is -2.04. The quantitative estimate of drug-likeness (QED) is 0.665. The SMILES string of the molecule is O=C(O)c1cccc(Sc2ncc([N+](=O)[O-])cc2Br)c1. The molecule has 2 rings (SSSR count). The van der Waals surface area contributed by atoms with E-state index in [1.807, 2.05) is 0 Å². The van der Waals surface area contributed by atoms with Crippen LogP contribution in [-0.2, 0) is 0 Å². The lowest BCUT2D eigenvalue weighted by atomic mass is 10.2. The standard InChI is InChI=1S/C12H7BrN2O4S/c13-10-5-8(15(18)19)6-14-11(10)20-9-3-1-2-7(4-9)12(16)17/h1-6H,(H,16,17). The molecular weight excluding hydrogens is 348 g/mol. The van der Waals surface area contributed by atoms with E-state index in [-0.39, 0.29) is 11.3 Å².